The number of piperazine rings is 1. The predicted molar refractivity (Wildman–Crippen MR) is 184 cm³/mol. The van der Waals surface area contributed by atoms with Crippen molar-refractivity contribution in [3.05, 3.63) is 83.6 Å². The zero-order valence-corrected chi connectivity index (χ0v) is 27.2. The molecule has 0 radical (unpaired) electrons. The third-order valence-electron chi connectivity index (χ3n) is 9.74. The second kappa shape index (κ2) is 14.0. The van der Waals surface area contributed by atoms with Crippen LogP contribution in [-0.4, -0.2) is 77.0 Å². The zero-order valence-electron chi connectivity index (χ0n) is 27.2. The van der Waals surface area contributed by atoms with E-state index in [1.165, 1.54) is 4.90 Å². The normalized spacial score (nSPS) is 19.9. The number of benzene rings is 3. The summed E-state index contributed by atoms with van der Waals surface area (Å²) in [5, 5.41) is 25.0. The number of ether oxygens (including phenoxy) is 2. The molecule has 248 valence electrons. The maximum atomic E-state index is 11.9. The molecule has 0 saturated carbocycles. The van der Waals surface area contributed by atoms with Gasteiger partial charge in [0.05, 0.1) is 30.8 Å². The molecule has 3 aromatic carbocycles. The van der Waals surface area contributed by atoms with E-state index in [1.807, 2.05) is 24.3 Å². The summed E-state index contributed by atoms with van der Waals surface area (Å²) in [7, 11) is 0. The molecular formula is C37H41N7O4. The van der Waals surface area contributed by atoms with Crippen LogP contribution in [-0.2, 0) is 19.6 Å². The molecule has 2 fully saturated rings. The van der Waals surface area contributed by atoms with Crippen molar-refractivity contribution < 1.29 is 19.4 Å². The van der Waals surface area contributed by atoms with Crippen LogP contribution in [0.15, 0.2) is 66.7 Å². The number of hydrogen-bond donors (Lipinski definition) is 2. The van der Waals surface area contributed by atoms with Gasteiger partial charge in [0.1, 0.15) is 24.3 Å². The average molecular weight is 648 g/mol. The van der Waals surface area contributed by atoms with E-state index in [9.17, 15) is 15.2 Å². The molecule has 11 nitrogen and oxygen atoms in total. The Hall–Kier alpha value is -5.08. The highest BCUT2D eigenvalue weighted by Gasteiger charge is 2.34. The highest BCUT2D eigenvalue weighted by atomic mass is 16.5. The number of nitrogens with one attached hydrogen (secondary N) is 1. The molecule has 7 rings (SSSR count). The minimum Gasteiger partial charge on any atom is -0.489 e. The SMILES string of the molecule is C[C@@H](Oc1nc2c(c(N3CCN(C(=O)O)C(CC#N)C3)n1)CCN(c1cc(OCc3ccccc3)cc3ccccc13)C2)[C@H]1CCCN1. The quantitative estimate of drug-likeness (QED) is 0.245. The van der Waals surface area contributed by atoms with Crippen LogP contribution in [0.3, 0.4) is 0 Å². The van der Waals surface area contributed by atoms with Crippen molar-refractivity contribution in [3.63, 3.8) is 0 Å². The van der Waals surface area contributed by atoms with E-state index in [1.54, 1.807) is 0 Å². The summed E-state index contributed by atoms with van der Waals surface area (Å²) >= 11 is 0. The minimum absolute atomic E-state index is 0.115. The maximum Gasteiger partial charge on any atom is 0.407 e. The first kappa shape index (κ1) is 31.5. The first-order valence-corrected chi connectivity index (χ1v) is 16.8. The molecule has 3 aliphatic rings. The van der Waals surface area contributed by atoms with Crippen molar-refractivity contribution in [1.82, 2.24) is 20.2 Å². The largest absolute Gasteiger partial charge is 0.489 e. The van der Waals surface area contributed by atoms with E-state index in [0.717, 1.165) is 70.8 Å². The Morgan fingerprint density at radius 2 is 1.92 bits per heavy atom. The standard InChI is InChI=1S/C37H41N7O4/c1-25(32-12-7-16-39-32)48-36-40-33-23-42(17-14-31(33)35(41-36)43-18-19-44(37(45)46)28(22-43)13-15-38)34-21-29(20-27-10-5-6-11-30(27)34)47-24-26-8-3-2-4-9-26/h2-6,8-11,20-21,25,28,32,39H,7,12-14,16-19,22-24H2,1H3,(H,45,46)/t25-,28?,32-/m1/s1. The Morgan fingerprint density at radius 3 is 2.71 bits per heavy atom. The van der Waals surface area contributed by atoms with Crippen molar-refractivity contribution in [2.24, 2.45) is 0 Å². The van der Waals surface area contributed by atoms with E-state index in [2.05, 4.69) is 70.6 Å². The molecule has 4 heterocycles. The van der Waals surface area contributed by atoms with E-state index in [-0.39, 0.29) is 18.6 Å². The summed E-state index contributed by atoms with van der Waals surface area (Å²) in [5.41, 5.74) is 4.13. The fourth-order valence-electron chi connectivity index (χ4n) is 7.20. The Labute approximate surface area is 280 Å². The molecule has 4 aromatic rings. The van der Waals surface area contributed by atoms with Gasteiger partial charge in [-0.15, -0.1) is 0 Å². The van der Waals surface area contributed by atoms with Gasteiger partial charge in [-0.05, 0) is 49.7 Å². The van der Waals surface area contributed by atoms with E-state index >= 15 is 0 Å². The summed E-state index contributed by atoms with van der Waals surface area (Å²) in [6.07, 6.45) is 1.86. The lowest BCUT2D eigenvalue weighted by atomic mass is 10.0. The summed E-state index contributed by atoms with van der Waals surface area (Å²) in [5.74, 6) is 1.59. The van der Waals surface area contributed by atoms with Crippen LogP contribution in [0.25, 0.3) is 10.8 Å². The molecule has 2 N–H and O–H groups in total. The smallest absolute Gasteiger partial charge is 0.407 e. The fourth-order valence-corrected chi connectivity index (χ4v) is 7.20. The summed E-state index contributed by atoms with van der Waals surface area (Å²) in [6.45, 7) is 5.97. The van der Waals surface area contributed by atoms with Crippen molar-refractivity contribution >= 4 is 28.4 Å². The Bertz CT molecular complexity index is 1810. The number of carbonyl (C=O) groups is 1. The van der Waals surface area contributed by atoms with Crippen molar-refractivity contribution in [1.29, 1.82) is 5.26 Å². The number of carboxylic acid groups (broad SMARTS) is 1. The second-order valence-electron chi connectivity index (χ2n) is 12.8. The van der Waals surface area contributed by atoms with Gasteiger partial charge in [-0.2, -0.15) is 15.2 Å². The molecule has 0 bridgehead atoms. The van der Waals surface area contributed by atoms with Crippen LogP contribution in [0, 0.1) is 11.3 Å². The van der Waals surface area contributed by atoms with Crippen molar-refractivity contribution in [2.75, 3.05) is 42.5 Å². The van der Waals surface area contributed by atoms with Crippen LogP contribution < -0.4 is 24.6 Å². The van der Waals surface area contributed by atoms with Crippen LogP contribution in [0.2, 0.25) is 0 Å². The summed E-state index contributed by atoms with van der Waals surface area (Å²) < 4.78 is 12.7. The zero-order chi connectivity index (χ0) is 33.0. The number of aromatic nitrogens is 2. The van der Waals surface area contributed by atoms with Crippen LogP contribution in [0.5, 0.6) is 11.8 Å². The third-order valence-corrected chi connectivity index (χ3v) is 9.74. The summed E-state index contributed by atoms with van der Waals surface area (Å²) in [6, 6.07) is 25.1. The molecule has 11 heteroatoms. The monoisotopic (exact) mass is 647 g/mol. The minimum atomic E-state index is -1.00. The number of amides is 1. The first-order chi connectivity index (χ1) is 23.5. The molecule has 1 aromatic heterocycles. The number of hydrogen-bond acceptors (Lipinski definition) is 9. The van der Waals surface area contributed by atoms with Crippen molar-refractivity contribution in [3.8, 4) is 17.8 Å². The van der Waals surface area contributed by atoms with Crippen LogP contribution in [0.4, 0.5) is 16.3 Å². The van der Waals surface area contributed by atoms with Crippen LogP contribution in [0.1, 0.15) is 43.0 Å². The van der Waals surface area contributed by atoms with E-state index in [0.29, 0.717) is 45.2 Å². The first-order valence-electron chi connectivity index (χ1n) is 16.8. The Kier molecular flexibility index (Phi) is 9.16. The molecule has 48 heavy (non-hydrogen) atoms. The highest BCUT2D eigenvalue weighted by molar-refractivity contribution is 5.95. The summed E-state index contributed by atoms with van der Waals surface area (Å²) in [4.78, 5) is 27.8. The lowest BCUT2D eigenvalue weighted by molar-refractivity contribution is 0.118. The molecule has 2 saturated heterocycles. The van der Waals surface area contributed by atoms with Gasteiger partial charge in [0.15, 0.2) is 0 Å². The highest BCUT2D eigenvalue weighted by Crippen LogP contribution is 2.37. The predicted octanol–water partition coefficient (Wildman–Crippen LogP) is 5.37. The third kappa shape index (κ3) is 6.66. The van der Waals surface area contributed by atoms with Gasteiger partial charge in [0, 0.05) is 54.9 Å². The molecule has 3 atom stereocenters. The number of fused-ring (bicyclic) bond motifs is 2. The lowest BCUT2D eigenvalue weighted by Gasteiger charge is -2.41. The second-order valence-corrected chi connectivity index (χ2v) is 12.8. The van der Waals surface area contributed by atoms with Gasteiger partial charge in [0.25, 0.3) is 0 Å². The number of nitriles is 1. The Morgan fingerprint density at radius 1 is 1.08 bits per heavy atom. The van der Waals surface area contributed by atoms with E-state index in [4.69, 9.17) is 19.4 Å². The number of anilines is 2. The lowest BCUT2D eigenvalue weighted by Crippen LogP contribution is -2.55. The number of nitrogens with zero attached hydrogens (tertiary/aromatic N) is 6. The van der Waals surface area contributed by atoms with Gasteiger partial charge in [-0.25, -0.2) is 4.79 Å². The molecule has 0 aliphatic carbocycles. The van der Waals surface area contributed by atoms with Gasteiger partial charge in [-0.1, -0.05) is 54.6 Å². The maximum absolute atomic E-state index is 11.9. The topological polar surface area (TPSA) is 127 Å². The van der Waals surface area contributed by atoms with Crippen molar-refractivity contribution in [2.45, 2.75) is 63.9 Å². The molecule has 0 spiro atoms. The average Bonchev–Trinajstić information content (AvgIpc) is 3.66. The molecular weight excluding hydrogens is 606 g/mol. The van der Waals surface area contributed by atoms with E-state index < -0.39 is 12.1 Å². The molecule has 3 aliphatic heterocycles. The molecule has 1 unspecified atom stereocenters. The molecule has 1 amide bonds. The van der Waals surface area contributed by atoms with Gasteiger partial charge in [-0.3, -0.25) is 0 Å². The number of rotatable bonds is 9. The van der Waals surface area contributed by atoms with Gasteiger partial charge < -0.3 is 34.6 Å². The van der Waals surface area contributed by atoms with Gasteiger partial charge in [0.2, 0.25) is 0 Å². The fraction of sp³-hybridized carbons (Fsp3) is 0.405. The van der Waals surface area contributed by atoms with Crippen LogP contribution >= 0.6 is 0 Å². The Balaban J connectivity index is 1.22. The van der Waals surface area contributed by atoms with Gasteiger partial charge >= 0.3 is 12.1 Å².